The number of hydrogen-bond acceptors (Lipinski definition) is 8. The van der Waals surface area contributed by atoms with Crippen LogP contribution in [0.3, 0.4) is 0 Å². The molecule has 12 heteroatoms. The number of benzene rings is 1. The van der Waals surface area contributed by atoms with Gasteiger partial charge in [-0.05, 0) is 37.0 Å². The van der Waals surface area contributed by atoms with Gasteiger partial charge in [0.25, 0.3) is 0 Å². The molecule has 190 valence electrons. The highest BCUT2D eigenvalue weighted by molar-refractivity contribution is 7.80. The molecule has 0 aliphatic rings. The van der Waals surface area contributed by atoms with E-state index in [0.717, 1.165) is 0 Å². The van der Waals surface area contributed by atoms with Crippen LogP contribution < -0.4 is 21.7 Å². The molecule has 3 amide bonds. The fraction of sp³-hybridized carbons (Fsp3) is 0.545. The number of hydrogen-bond donors (Lipinski definition) is 8. The average Bonchev–Trinajstić information content (AvgIpc) is 2.76. The monoisotopic (exact) mass is 498 g/mol. The lowest BCUT2D eigenvalue weighted by Gasteiger charge is -2.27. The van der Waals surface area contributed by atoms with Crippen molar-refractivity contribution < 1.29 is 34.5 Å². The van der Waals surface area contributed by atoms with Crippen molar-refractivity contribution in [2.24, 2.45) is 11.7 Å². The number of aromatic hydroxyl groups is 1. The van der Waals surface area contributed by atoms with Crippen LogP contribution in [-0.4, -0.2) is 75.0 Å². The fourth-order valence-corrected chi connectivity index (χ4v) is 3.22. The maximum Gasteiger partial charge on any atom is 0.326 e. The Bertz CT molecular complexity index is 848. The van der Waals surface area contributed by atoms with Gasteiger partial charge in [-0.15, -0.1) is 0 Å². The molecule has 11 nitrogen and oxygen atoms in total. The molecule has 5 atom stereocenters. The highest BCUT2D eigenvalue weighted by Gasteiger charge is 2.33. The van der Waals surface area contributed by atoms with Gasteiger partial charge in [-0.2, -0.15) is 12.6 Å². The molecular weight excluding hydrogens is 464 g/mol. The Kier molecular flexibility index (Phi) is 11.8. The summed E-state index contributed by atoms with van der Waals surface area (Å²) in [6.07, 6.45) is -1.21. The number of carboxylic acid groups (broad SMARTS) is 1. The summed E-state index contributed by atoms with van der Waals surface area (Å²) in [5.74, 6) is -3.52. The number of rotatable bonds is 13. The van der Waals surface area contributed by atoms with Crippen LogP contribution in [0.25, 0.3) is 0 Å². The van der Waals surface area contributed by atoms with Crippen LogP contribution in [0.2, 0.25) is 0 Å². The van der Waals surface area contributed by atoms with Crippen molar-refractivity contribution in [2.45, 2.75) is 63.9 Å². The van der Waals surface area contributed by atoms with Crippen molar-refractivity contribution in [3.63, 3.8) is 0 Å². The summed E-state index contributed by atoms with van der Waals surface area (Å²) in [6, 6.07) is 1.11. The van der Waals surface area contributed by atoms with Gasteiger partial charge < -0.3 is 37.0 Å². The van der Waals surface area contributed by atoms with Gasteiger partial charge in [0.05, 0.1) is 12.1 Å². The molecular formula is C22H34N4O7S. The molecule has 0 aliphatic carbocycles. The molecule has 0 heterocycles. The number of amides is 3. The number of phenols is 1. The second kappa shape index (κ2) is 13.8. The number of aliphatic hydroxyl groups excluding tert-OH is 1. The molecule has 5 unspecified atom stereocenters. The molecule has 34 heavy (non-hydrogen) atoms. The summed E-state index contributed by atoms with van der Waals surface area (Å²) in [4.78, 5) is 49.5. The molecule has 1 rings (SSSR count). The minimum absolute atomic E-state index is 0.00358. The Labute approximate surface area is 203 Å². The van der Waals surface area contributed by atoms with E-state index in [1.54, 1.807) is 26.0 Å². The lowest BCUT2D eigenvalue weighted by Crippen LogP contribution is -2.60. The summed E-state index contributed by atoms with van der Waals surface area (Å²) in [7, 11) is 0. The molecule has 1 aromatic rings. The minimum Gasteiger partial charge on any atom is -0.508 e. The topological polar surface area (TPSA) is 191 Å². The largest absolute Gasteiger partial charge is 0.508 e. The molecule has 8 N–H and O–H groups in total. The minimum atomic E-state index is -1.47. The Balaban J connectivity index is 3.07. The fourth-order valence-electron chi connectivity index (χ4n) is 3.05. The Morgan fingerprint density at radius 3 is 1.97 bits per heavy atom. The standard InChI is InChI=1S/C22H34N4O7S/c1-11(2)8-17(22(32)33)25-21(31)18(12(3)27)26-20(30)16(24-19(29)15(23)10-34)9-13-4-6-14(28)7-5-13/h4-7,11-12,15-18,27-28,34H,8-10,23H2,1-3H3,(H,24,29)(H,25,31)(H,26,30)(H,32,33). The maximum atomic E-state index is 13.0. The van der Waals surface area contributed by atoms with Gasteiger partial charge in [-0.25, -0.2) is 4.79 Å². The molecule has 0 radical (unpaired) electrons. The first-order valence-corrected chi connectivity index (χ1v) is 11.4. The predicted octanol–water partition coefficient (Wildman–Crippen LogP) is -0.842. The van der Waals surface area contributed by atoms with Crippen molar-refractivity contribution >= 4 is 36.3 Å². The highest BCUT2D eigenvalue weighted by Crippen LogP contribution is 2.12. The van der Waals surface area contributed by atoms with Gasteiger partial charge >= 0.3 is 5.97 Å². The molecule has 0 aromatic heterocycles. The zero-order valence-corrected chi connectivity index (χ0v) is 20.3. The van der Waals surface area contributed by atoms with Crippen molar-refractivity contribution in [1.82, 2.24) is 16.0 Å². The number of aliphatic hydroxyl groups is 1. The summed E-state index contributed by atoms with van der Waals surface area (Å²) < 4.78 is 0. The molecule has 0 fully saturated rings. The van der Waals surface area contributed by atoms with Crippen LogP contribution in [0, 0.1) is 5.92 Å². The van der Waals surface area contributed by atoms with E-state index in [2.05, 4.69) is 28.6 Å². The van der Waals surface area contributed by atoms with Gasteiger partial charge in [0.15, 0.2) is 0 Å². The molecule has 0 saturated carbocycles. The summed E-state index contributed by atoms with van der Waals surface area (Å²) in [5, 5.41) is 36.2. The van der Waals surface area contributed by atoms with E-state index in [1.807, 2.05) is 0 Å². The number of nitrogens with two attached hydrogens (primary N) is 1. The van der Waals surface area contributed by atoms with Gasteiger partial charge in [-0.3, -0.25) is 14.4 Å². The number of thiol groups is 1. The van der Waals surface area contributed by atoms with E-state index in [4.69, 9.17) is 5.73 Å². The van der Waals surface area contributed by atoms with Crippen LogP contribution in [0.1, 0.15) is 32.8 Å². The van der Waals surface area contributed by atoms with E-state index in [9.17, 15) is 34.5 Å². The maximum absolute atomic E-state index is 13.0. The number of aliphatic carboxylic acids is 1. The Morgan fingerprint density at radius 1 is 0.941 bits per heavy atom. The van der Waals surface area contributed by atoms with Gasteiger partial charge in [0.2, 0.25) is 17.7 Å². The predicted molar refractivity (Wildman–Crippen MR) is 128 cm³/mol. The summed E-state index contributed by atoms with van der Waals surface area (Å²) in [5.41, 5.74) is 6.28. The molecule has 1 aromatic carbocycles. The van der Waals surface area contributed by atoms with Crippen LogP contribution >= 0.6 is 12.6 Å². The normalized spacial score (nSPS) is 15.5. The van der Waals surface area contributed by atoms with E-state index < -0.39 is 54.0 Å². The third kappa shape index (κ3) is 9.57. The van der Waals surface area contributed by atoms with Crippen molar-refractivity contribution in [2.75, 3.05) is 5.75 Å². The van der Waals surface area contributed by atoms with E-state index in [-0.39, 0.29) is 30.3 Å². The first kappa shape index (κ1) is 29.2. The van der Waals surface area contributed by atoms with Gasteiger partial charge in [0.1, 0.15) is 23.9 Å². The summed E-state index contributed by atoms with van der Waals surface area (Å²) >= 11 is 3.97. The van der Waals surface area contributed by atoms with Crippen molar-refractivity contribution in [1.29, 1.82) is 0 Å². The second-order valence-corrected chi connectivity index (χ2v) is 8.84. The van der Waals surface area contributed by atoms with Crippen molar-refractivity contribution in [3.8, 4) is 5.75 Å². The number of carbonyl (C=O) groups is 4. The number of carbonyl (C=O) groups excluding carboxylic acids is 3. The van der Waals surface area contributed by atoms with Crippen molar-refractivity contribution in [3.05, 3.63) is 29.8 Å². The summed E-state index contributed by atoms with van der Waals surface area (Å²) in [6.45, 7) is 4.86. The SMILES string of the molecule is CC(C)CC(NC(=O)C(NC(=O)C(Cc1ccc(O)cc1)NC(=O)C(N)CS)C(C)O)C(=O)O. The van der Waals surface area contributed by atoms with E-state index in [0.29, 0.717) is 5.56 Å². The molecule has 0 saturated heterocycles. The van der Waals surface area contributed by atoms with Crippen LogP contribution in [-0.2, 0) is 25.6 Å². The molecule has 0 spiro atoms. The lowest BCUT2D eigenvalue weighted by molar-refractivity contribution is -0.143. The molecule has 0 aliphatic heterocycles. The Morgan fingerprint density at radius 2 is 1.50 bits per heavy atom. The van der Waals surface area contributed by atoms with Crippen LogP contribution in [0.4, 0.5) is 0 Å². The molecule has 0 bridgehead atoms. The second-order valence-electron chi connectivity index (χ2n) is 8.48. The zero-order valence-electron chi connectivity index (χ0n) is 19.4. The first-order chi connectivity index (χ1) is 15.8. The smallest absolute Gasteiger partial charge is 0.326 e. The Hall–Kier alpha value is -2.83. The van der Waals surface area contributed by atoms with Crippen LogP contribution in [0.5, 0.6) is 5.75 Å². The average molecular weight is 499 g/mol. The van der Waals surface area contributed by atoms with E-state index in [1.165, 1.54) is 19.1 Å². The quantitative estimate of drug-likeness (QED) is 0.161. The lowest BCUT2D eigenvalue weighted by atomic mass is 10.0. The third-order valence-electron chi connectivity index (χ3n) is 4.93. The number of carboxylic acids is 1. The highest BCUT2D eigenvalue weighted by atomic mass is 32.1. The third-order valence-corrected chi connectivity index (χ3v) is 5.32. The first-order valence-electron chi connectivity index (χ1n) is 10.8. The van der Waals surface area contributed by atoms with Crippen LogP contribution in [0.15, 0.2) is 24.3 Å². The number of nitrogens with one attached hydrogen (secondary N) is 3. The number of phenolic OH excluding ortho intramolecular Hbond substituents is 1. The zero-order chi connectivity index (χ0) is 26.0. The van der Waals surface area contributed by atoms with Gasteiger partial charge in [-0.1, -0.05) is 26.0 Å². The van der Waals surface area contributed by atoms with E-state index >= 15 is 0 Å². The van der Waals surface area contributed by atoms with Gasteiger partial charge in [0, 0.05) is 12.2 Å².